The fourth-order valence-electron chi connectivity index (χ4n) is 3.74. The normalized spacial score (nSPS) is 10.6. The lowest BCUT2D eigenvalue weighted by Gasteiger charge is -2.15. The third-order valence-corrected chi connectivity index (χ3v) is 5.61. The summed E-state index contributed by atoms with van der Waals surface area (Å²) in [5.41, 5.74) is 23.7. The highest BCUT2D eigenvalue weighted by Gasteiger charge is 2.11. The van der Waals surface area contributed by atoms with Gasteiger partial charge in [-0.2, -0.15) is 0 Å². The summed E-state index contributed by atoms with van der Waals surface area (Å²) in [5, 5.41) is 0. The first-order valence-electron chi connectivity index (χ1n) is 11.2. The van der Waals surface area contributed by atoms with Crippen molar-refractivity contribution in [2.24, 2.45) is 0 Å². The van der Waals surface area contributed by atoms with Crippen LogP contribution in [-0.4, -0.2) is 0 Å². The molecule has 35 heavy (non-hydrogen) atoms. The topological polar surface area (TPSA) is 96.5 Å². The molecule has 0 aromatic heterocycles. The number of nitrogen functional groups attached to an aromatic ring is 3. The van der Waals surface area contributed by atoms with E-state index in [1.807, 2.05) is 91.0 Å². The van der Waals surface area contributed by atoms with Gasteiger partial charge >= 0.3 is 0 Å². The molecule has 0 radical (unpaired) electrons. The number of ether oxygens (including phenoxy) is 2. The molecule has 5 aromatic carbocycles. The van der Waals surface area contributed by atoms with Gasteiger partial charge in [-0.25, -0.2) is 0 Å². The molecule has 0 spiro atoms. The summed E-state index contributed by atoms with van der Waals surface area (Å²) in [6.45, 7) is 0. The quantitative estimate of drug-likeness (QED) is 0.231. The molecule has 0 atom stereocenters. The molecule has 172 valence electrons. The Kier molecular flexibility index (Phi) is 5.97. The lowest BCUT2D eigenvalue weighted by atomic mass is 9.98. The molecule has 5 aromatic rings. The monoisotopic (exact) mass is 459 g/mol. The highest BCUT2D eigenvalue weighted by Crippen LogP contribution is 2.38. The van der Waals surface area contributed by atoms with Crippen LogP contribution in [0.25, 0.3) is 22.3 Å². The van der Waals surface area contributed by atoms with E-state index in [1.165, 1.54) is 0 Å². The number of nitrogens with two attached hydrogens (primary N) is 3. The number of rotatable bonds is 6. The van der Waals surface area contributed by atoms with Gasteiger partial charge in [0.05, 0.1) is 0 Å². The zero-order valence-electron chi connectivity index (χ0n) is 19.0. The van der Waals surface area contributed by atoms with Crippen LogP contribution < -0.4 is 26.7 Å². The number of hydrogen-bond acceptors (Lipinski definition) is 5. The molecule has 0 saturated carbocycles. The summed E-state index contributed by atoms with van der Waals surface area (Å²) < 4.78 is 12.3. The maximum atomic E-state index is 6.37. The van der Waals surface area contributed by atoms with Crippen LogP contribution in [0, 0.1) is 0 Å². The summed E-state index contributed by atoms with van der Waals surface area (Å²) in [7, 11) is 0. The van der Waals surface area contributed by atoms with Crippen LogP contribution >= 0.6 is 0 Å². The Morgan fingerprint density at radius 3 is 1.31 bits per heavy atom. The van der Waals surface area contributed by atoms with Crippen molar-refractivity contribution in [1.82, 2.24) is 0 Å². The van der Waals surface area contributed by atoms with E-state index in [9.17, 15) is 0 Å². The van der Waals surface area contributed by atoms with Gasteiger partial charge in [0, 0.05) is 22.6 Å². The molecular formula is C30H25N3O2. The summed E-state index contributed by atoms with van der Waals surface area (Å²) in [4.78, 5) is 0. The van der Waals surface area contributed by atoms with Gasteiger partial charge in [0.15, 0.2) is 0 Å². The fourth-order valence-corrected chi connectivity index (χ4v) is 3.74. The molecule has 0 heterocycles. The smallest absolute Gasteiger partial charge is 0.135 e. The number of anilines is 3. The summed E-state index contributed by atoms with van der Waals surface area (Å²) in [5.74, 6) is 2.85. The van der Waals surface area contributed by atoms with Crippen molar-refractivity contribution in [3.63, 3.8) is 0 Å². The Morgan fingerprint density at radius 1 is 0.371 bits per heavy atom. The summed E-state index contributed by atoms with van der Waals surface area (Å²) >= 11 is 0. The largest absolute Gasteiger partial charge is 0.457 e. The van der Waals surface area contributed by atoms with Crippen molar-refractivity contribution in [2.45, 2.75) is 0 Å². The van der Waals surface area contributed by atoms with Gasteiger partial charge in [-0.3, -0.25) is 0 Å². The van der Waals surface area contributed by atoms with Crippen molar-refractivity contribution in [3.8, 4) is 45.3 Å². The first-order chi connectivity index (χ1) is 17.0. The molecule has 5 rings (SSSR count). The maximum absolute atomic E-state index is 6.37. The van der Waals surface area contributed by atoms with Gasteiger partial charge in [0.25, 0.3) is 0 Å². The first-order valence-corrected chi connectivity index (χ1v) is 11.2. The van der Waals surface area contributed by atoms with Crippen molar-refractivity contribution in [1.29, 1.82) is 0 Å². The van der Waals surface area contributed by atoms with Crippen LogP contribution in [-0.2, 0) is 0 Å². The molecule has 0 fully saturated rings. The van der Waals surface area contributed by atoms with E-state index in [-0.39, 0.29) is 0 Å². The van der Waals surface area contributed by atoms with Gasteiger partial charge in [-0.05, 0) is 95.6 Å². The molecule has 0 aliphatic rings. The van der Waals surface area contributed by atoms with E-state index in [0.29, 0.717) is 22.9 Å². The van der Waals surface area contributed by atoms with E-state index in [4.69, 9.17) is 26.7 Å². The van der Waals surface area contributed by atoms with Crippen LogP contribution in [0.15, 0.2) is 115 Å². The molecule has 0 aliphatic heterocycles. The average Bonchev–Trinajstić information content (AvgIpc) is 2.88. The SMILES string of the molecule is Nc1ccc(Oc2ccc(Oc3cc(-c4ccc(N)cc4)ccc3-c3ccc(N)cc3)cc2)cc1. The Hall–Kier alpha value is -4.90. The molecule has 6 N–H and O–H groups in total. The van der Waals surface area contributed by atoms with E-state index in [2.05, 4.69) is 12.1 Å². The fraction of sp³-hybridized carbons (Fsp3) is 0. The van der Waals surface area contributed by atoms with E-state index < -0.39 is 0 Å². The third kappa shape index (κ3) is 5.20. The maximum Gasteiger partial charge on any atom is 0.135 e. The Balaban J connectivity index is 1.45. The predicted molar refractivity (Wildman–Crippen MR) is 144 cm³/mol. The van der Waals surface area contributed by atoms with Gasteiger partial charge in [-0.1, -0.05) is 36.4 Å². The molecule has 0 amide bonds. The van der Waals surface area contributed by atoms with Crippen molar-refractivity contribution < 1.29 is 9.47 Å². The Morgan fingerprint density at radius 2 is 0.771 bits per heavy atom. The number of benzene rings is 5. The van der Waals surface area contributed by atoms with Gasteiger partial charge < -0.3 is 26.7 Å². The molecule has 5 nitrogen and oxygen atoms in total. The molecule has 0 unspecified atom stereocenters. The summed E-state index contributed by atoms with van der Waals surface area (Å²) in [6, 6.07) is 36.5. The standard InChI is InChI=1S/C30H25N3O2/c31-23-6-1-20(2-7-23)22-5-18-29(21-3-8-24(32)9-4-21)30(19-22)35-28-16-14-27(15-17-28)34-26-12-10-25(33)11-13-26/h1-19H,31-33H2. The minimum atomic E-state index is 0.694. The van der Waals surface area contributed by atoms with Crippen LogP contribution in [0.3, 0.4) is 0 Å². The summed E-state index contributed by atoms with van der Waals surface area (Å²) in [6.07, 6.45) is 0. The van der Waals surface area contributed by atoms with E-state index in [0.717, 1.165) is 39.4 Å². The van der Waals surface area contributed by atoms with Crippen molar-refractivity contribution >= 4 is 17.1 Å². The number of hydrogen-bond donors (Lipinski definition) is 3. The molecule has 0 bridgehead atoms. The zero-order valence-corrected chi connectivity index (χ0v) is 19.0. The Labute approximate surface area is 204 Å². The highest BCUT2D eigenvalue weighted by atomic mass is 16.5. The lowest BCUT2D eigenvalue weighted by Crippen LogP contribution is -1.92. The minimum absolute atomic E-state index is 0.694. The molecule has 0 aliphatic carbocycles. The second-order valence-electron chi connectivity index (χ2n) is 8.20. The highest BCUT2D eigenvalue weighted by molar-refractivity contribution is 5.77. The molecule has 0 saturated heterocycles. The van der Waals surface area contributed by atoms with E-state index in [1.54, 1.807) is 12.1 Å². The van der Waals surface area contributed by atoms with Crippen LogP contribution in [0.5, 0.6) is 23.0 Å². The lowest BCUT2D eigenvalue weighted by molar-refractivity contribution is 0.470. The van der Waals surface area contributed by atoms with Crippen LogP contribution in [0.2, 0.25) is 0 Å². The first kappa shape index (κ1) is 21.9. The van der Waals surface area contributed by atoms with Crippen molar-refractivity contribution in [2.75, 3.05) is 17.2 Å². The molecular weight excluding hydrogens is 434 g/mol. The van der Waals surface area contributed by atoms with Gasteiger partial charge in [0.2, 0.25) is 0 Å². The second-order valence-corrected chi connectivity index (χ2v) is 8.20. The van der Waals surface area contributed by atoms with Gasteiger partial charge in [0.1, 0.15) is 23.0 Å². The van der Waals surface area contributed by atoms with Crippen molar-refractivity contribution in [3.05, 3.63) is 115 Å². The van der Waals surface area contributed by atoms with Gasteiger partial charge in [-0.15, -0.1) is 0 Å². The van der Waals surface area contributed by atoms with Crippen LogP contribution in [0.1, 0.15) is 0 Å². The predicted octanol–water partition coefficient (Wildman–Crippen LogP) is 7.35. The van der Waals surface area contributed by atoms with E-state index >= 15 is 0 Å². The average molecular weight is 460 g/mol. The minimum Gasteiger partial charge on any atom is -0.457 e. The van der Waals surface area contributed by atoms with Crippen LogP contribution in [0.4, 0.5) is 17.1 Å². The molecule has 5 heteroatoms. The third-order valence-electron chi connectivity index (χ3n) is 5.61. The zero-order chi connectivity index (χ0) is 24.2. The second kappa shape index (κ2) is 9.53. The Bertz CT molecular complexity index is 1430.